The molecule has 0 fully saturated rings. The van der Waals surface area contributed by atoms with Gasteiger partial charge in [0.15, 0.2) is 10.5 Å². The third-order valence-electron chi connectivity index (χ3n) is 2.02. The number of aromatic amines is 1. The molecule has 0 bridgehead atoms. The molecule has 2 rings (SSSR count). The van der Waals surface area contributed by atoms with Crippen molar-refractivity contribution in [3.63, 3.8) is 0 Å². The molecule has 0 saturated heterocycles. The Morgan fingerprint density at radius 1 is 1.73 bits per heavy atom. The van der Waals surface area contributed by atoms with Crippen LogP contribution in [0, 0.1) is 4.77 Å². The first-order valence-electron chi connectivity index (χ1n) is 4.47. The number of furan rings is 1. The van der Waals surface area contributed by atoms with E-state index < -0.39 is 0 Å². The quantitative estimate of drug-likeness (QED) is 0.636. The van der Waals surface area contributed by atoms with E-state index in [1.165, 1.54) is 6.26 Å². The van der Waals surface area contributed by atoms with E-state index in [0.717, 1.165) is 0 Å². The SMILES string of the molecule is CCn1c(C(=O)c2ccco2)n[nH]c1=S. The van der Waals surface area contributed by atoms with Crippen LogP contribution in [0.2, 0.25) is 0 Å². The highest BCUT2D eigenvalue weighted by atomic mass is 32.1. The molecule has 0 unspecified atom stereocenters. The van der Waals surface area contributed by atoms with E-state index in [1.54, 1.807) is 16.7 Å². The van der Waals surface area contributed by atoms with Crippen molar-refractivity contribution in [2.45, 2.75) is 13.5 Å². The number of nitrogens with one attached hydrogen (secondary N) is 1. The summed E-state index contributed by atoms with van der Waals surface area (Å²) in [6.07, 6.45) is 1.45. The predicted molar refractivity (Wildman–Crippen MR) is 55.2 cm³/mol. The molecule has 0 aliphatic carbocycles. The minimum Gasteiger partial charge on any atom is -0.461 e. The summed E-state index contributed by atoms with van der Waals surface area (Å²) in [5, 5.41) is 6.46. The Hall–Kier alpha value is -1.69. The van der Waals surface area contributed by atoms with Crippen LogP contribution < -0.4 is 0 Å². The molecule has 0 radical (unpaired) electrons. The number of ketones is 1. The first-order valence-corrected chi connectivity index (χ1v) is 4.88. The number of H-pyrrole nitrogens is 1. The minimum atomic E-state index is -0.269. The van der Waals surface area contributed by atoms with E-state index in [4.69, 9.17) is 16.6 Å². The van der Waals surface area contributed by atoms with Gasteiger partial charge in [0.1, 0.15) is 0 Å². The van der Waals surface area contributed by atoms with Crippen molar-refractivity contribution in [1.29, 1.82) is 0 Å². The Morgan fingerprint density at radius 2 is 2.53 bits per heavy atom. The van der Waals surface area contributed by atoms with Crippen molar-refractivity contribution in [3.8, 4) is 0 Å². The van der Waals surface area contributed by atoms with E-state index in [-0.39, 0.29) is 17.4 Å². The second-order valence-electron chi connectivity index (χ2n) is 2.90. The molecule has 2 aromatic heterocycles. The highest BCUT2D eigenvalue weighted by Crippen LogP contribution is 2.08. The number of hydrogen-bond acceptors (Lipinski definition) is 4. The molecule has 6 heteroatoms. The number of carbonyl (C=O) groups excluding carboxylic acids is 1. The highest BCUT2D eigenvalue weighted by molar-refractivity contribution is 7.71. The van der Waals surface area contributed by atoms with Gasteiger partial charge in [0.2, 0.25) is 5.82 Å². The Kier molecular flexibility index (Phi) is 2.51. The summed E-state index contributed by atoms with van der Waals surface area (Å²) in [6.45, 7) is 2.49. The fourth-order valence-corrected chi connectivity index (χ4v) is 1.56. The molecule has 0 atom stereocenters. The van der Waals surface area contributed by atoms with E-state index in [2.05, 4.69) is 10.2 Å². The van der Waals surface area contributed by atoms with Crippen LogP contribution in [-0.2, 0) is 6.54 Å². The summed E-state index contributed by atoms with van der Waals surface area (Å²) in [5.74, 6) is 0.269. The molecule has 0 aromatic carbocycles. The smallest absolute Gasteiger partial charge is 0.265 e. The molecule has 1 N–H and O–H groups in total. The maximum atomic E-state index is 11.9. The summed E-state index contributed by atoms with van der Waals surface area (Å²) < 4.78 is 7.07. The maximum absolute atomic E-state index is 11.9. The van der Waals surface area contributed by atoms with Gasteiger partial charge in [0.25, 0.3) is 5.78 Å². The number of aromatic nitrogens is 3. The van der Waals surface area contributed by atoms with Gasteiger partial charge in [-0.15, -0.1) is 0 Å². The van der Waals surface area contributed by atoms with Gasteiger partial charge in [-0.3, -0.25) is 14.5 Å². The van der Waals surface area contributed by atoms with Crippen molar-refractivity contribution in [2.75, 3.05) is 0 Å². The van der Waals surface area contributed by atoms with Gasteiger partial charge in [0.05, 0.1) is 6.26 Å². The van der Waals surface area contributed by atoms with Crippen LogP contribution >= 0.6 is 12.2 Å². The van der Waals surface area contributed by atoms with Crippen molar-refractivity contribution in [2.24, 2.45) is 0 Å². The van der Waals surface area contributed by atoms with Crippen molar-refractivity contribution in [1.82, 2.24) is 14.8 Å². The van der Waals surface area contributed by atoms with Crippen LogP contribution in [0.1, 0.15) is 23.3 Å². The predicted octanol–water partition coefficient (Wildman–Crippen LogP) is 1.78. The summed E-state index contributed by atoms with van der Waals surface area (Å²) in [5.41, 5.74) is 0. The lowest BCUT2D eigenvalue weighted by atomic mass is 10.3. The normalized spacial score (nSPS) is 10.5. The van der Waals surface area contributed by atoms with Crippen molar-refractivity contribution < 1.29 is 9.21 Å². The third kappa shape index (κ3) is 1.63. The van der Waals surface area contributed by atoms with Crippen molar-refractivity contribution in [3.05, 3.63) is 34.8 Å². The second kappa shape index (κ2) is 3.82. The summed E-state index contributed by atoms with van der Waals surface area (Å²) >= 11 is 4.98. The molecule has 2 aromatic rings. The third-order valence-corrected chi connectivity index (χ3v) is 2.33. The van der Waals surface area contributed by atoms with Gasteiger partial charge in [-0.1, -0.05) is 0 Å². The zero-order chi connectivity index (χ0) is 10.8. The summed E-state index contributed by atoms with van der Waals surface area (Å²) in [6, 6.07) is 3.25. The van der Waals surface area contributed by atoms with Gasteiger partial charge >= 0.3 is 0 Å². The molecule has 0 spiro atoms. The average Bonchev–Trinajstić information content (AvgIpc) is 2.85. The number of carbonyl (C=O) groups is 1. The zero-order valence-electron chi connectivity index (χ0n) is 8.06. The molecular formula is C9H9N3O2S. The molecular weight excluding hydrogens is 214 g/mol. The first-order chi connectivity index (χ1) is 7.24. The van der Waals surface area contributed by atoms with Crippen LogP contribution in [0.3, 0.4) is 0 Å². The lowest BCUT2D eigenvalue weighted by Crippen LogP contribution is -2.10. The number of nitrogens with zero attached hydrogens (tertiary/aromatic N) is 2. The fraction of sp³-hybridized carbons (Fsp3) is 0.222. The van der Waals surface area contributed by atoms with E-state index in [9.17, 15) is 4.79 Å². The lowest BCUT2D eigenvalue weighted by Gasteiger charge is -1.99. The topological polar surface area (TPSA) is 63.8 Å². The molecule has 5 nitrogen and oxygen atoms in total. The van der Waals surface area contributed by atoms with Crippen LogP contribution in [0.5, 0.6) is 0 Å². The van der Waals surface area contributed by atoms with E-state index in [1.807, 2.05) is 6.92 Å². The van der Waals surface area contributed by atoms with Gasteiger partial charge in [-0.25, -0.2) is 0 Å². The molecule has 0 amide bonds. The van der Waals surface area contributed by atoms with E-state index in [0.29, 0.717) is 11.3 Å². The largest absolute Gasteiger partial charge is 0.461 e. The summed E-state index contributed by atoms with van der Waals surface area (Å²) in [4.78, 5) is 11.9. The molecule has 15 heavy (non-hydrogen) atoms. The van der Waals surface area contributed by atoms with Crippen LogP contribution in [0.15, 0.2) is 22.8 Å². The van der Waals surface area contributed by atoms with Gasteiger partial charge in [0, 0.05) is 6.54 Å². The lowest BCUT2D eigenvalue weighted by molar-refractivity contribution is 0.0995. The van der Waals surface area contributed by atoms with E-state index >= 15 is 0 Å². The van der Waals surface area contributed by atoms with Crippen LogP contribution in [-0.4, -0.2) is 20.5 Å². The fourth-order valence-electron chi connectivity index (χ4n) is 1.30. The zero-order valence-corrected chi connectivity index (χ0v) is 8.87. The summed E-state index contributed by atoms with van der Waals surface area (Å²) in [7, 11) is 0. The minimum absolute atomic E-state index is 0.263. The Balaban J connectivity index is 2.47. The molecule has 0 aliphatic heterocycles. The Labute approximate surface area is 90.7 Å². The molecule has 0 saturated carbocycles. The Morgan fingerprint density at radius 3 is 3.13 bits per heavy atom. The monoisotopic (exact) mass is 223 g/mol. The maximum Gasteiger partial charge on any atom is 0.265 e. The van der Waals surface area contributed by atoms with Gasteiger partial charge in [-0.05, 0) is 31.3 Å². The second-order valence-corrected chi connectivity index (χ2v) is 3.29. The Bertz CT molecular complexity index is 524. The number of hydrogen-bond donors (Lipinski definition) is 1. The van der Waals surface area contributed by atoms with Crippen LogP contribution in [0.25, 0.3) is 0 Å². The first kappa shape index (κ1) is 9.85. The molecule has 2 heterocycles. The van der Waals surface area contributed by atoms with Gasteiger partial charge < -0.3 is 4.42 Å². The van der Waals surface area contributed by atoms with Crippen molar-refractivity contribution >= 4 is 18.0 Å². The number of rotatable bonds is 3. The molecule has 0 aliphatic rings. The average molecular weight is 223 g/mol. The molecule has 78 valence electrons. The van der Waals surface area contributed by atoms with Crippen LogP contribution in [0.4, 0.5) is 0 Å². The standard InChI is InChI=1S/C9H9N3O2S/c1-2-12-8(10-11-9(12)15)7(13)6-4-3-5-14-6/h3-5H,2H2,1H3,(H,11,15). The highest BCUT2D eigenvalue weighted by Gasteiger charge is 2.18. The van der Waals surface area contributed by atoms with Gasteiger partial charge in [-0.2, -0.15) is 5.10 Å².